The third-order valence-electron chi connectivity index (χ3n) is 3.15. The summed E-state index contributed by atoms with van der Waals surface area (Å²) in [6.07, 6.45) is 2.38. The number of nitrogens with zero attached hydrogens (tertiary/aromatic N) is 1. The van der Waals surface area contributed by atoms with Crippen LogP contribution in [0.4, 0.5) is 9.52 Å². The van der Waals surface area contributed by atoms with E-state index in [-0.39, 0.29) is 11.7 Å². The Labute approximate surface area is 145 Å². The van der Waals surface area contributed by atoms with Crippen molar-refractivity contribution in [3.8, 4) is 0 Å². The van der Waals surface area contributed by atoms with Crippen LogP contribution in [0.3, 0.4) is 0 Å². The molecule has 0 radical (unpaired) electrons. The molecule has 0 fully saturated rings. The van der Waals surface area contributed by atoms with E-state index < -0.39 is 0 Å². The van der Waals surface area contributed by atoms with Gasteiger partial charge in [-0.15, -0.1) is 11.3 Å². The van der Waals surface area contributed by atoms with Crippen LogP contribution < -0.4 is 5.32 Å². The van der Waals surface area contributed by atoms with Crippen LogP contribution in [0.5, 0.6) is 0 Å². The molecule has 1 amide bonds. The number of hydrogen-bond acceptors (Lipinski definition) is 3. The molecule has 0 saturated heterocycles. The van der Waals surface area contributed by atoms with Gasteiger partial charge in [-0.25, -0.2) is 9.37 Å². The second kappa shape index (κ2) is 7.02. The van der Waals surface area contributed by atoms with E-state index >= 15 is 0 Å². The molecule has 1 N–H and O–H groups in total. The first-order chi connectivity index (χ1) is 11.1. The number of thiazole rings is 1. The molecule has 1 aromatic heterocycles. The zero-order chi connectivity index (χ0) is 16.2. The Kier molecular flexibility index (Phi) is 4.83. The van der Waals surface area contributed by atoms with Gasteiger partial charge in [-0.05, 0) is 35.9 Å². The van der Waals surface area contributed by atoms with E-state index in [1.807, 2.05) is 6.07 Å². The molecule has 0 spiro atoms. The molecule has 0 saturated carbocycles. The van der Waals surface area contributed by atoms with Crippen molar-refractivity contribution in [2.45, 2.75) is 6.42 Å². The highest BCUT2D eigenvalue weighted by Gasteiger charge is 2.10. The molecule has 0 bridgehead atoms. The Morgan fingerprint density at radius 2 is 2.00 bits per heavy atom. The third-order valence-corrected chi connectivity index (χ3v) is 4.56. The first-order valence-corrected chi connectivity index (χ1v) is 8.47. The summed E-state index contributed by atoms with van der Waals surface area (Å²) in [5, 5.41) is 3.34. The Morgan fingerprint density at radius 1 is 1.22 bits per heavy atom. The van der Waals surface area contributed by atoms with E-state index in [0.717, 1.165) is 14.9 Å². The second-order valence-corrected chi connectivity index (χ2v) is 6.93. The molecule has 116 valence electrons. The van der Waals surface area contributed by atoms with Crippen molar-refractivity contribution in [2.24, 2.45) is 0 Å². The Bertz CT molecular complexity index is 833. The highest BCUT2D eigenvalue weighted by atomic mass is 79.9. The number of hydrogen-bond donors (Lipinski definition) is 1. The maximum atomic E-state index is 12.9. The fourth-order valence-corrected chi connectivity index (χ4v) is 3.29. The fourth-order valence-electron chi connectivity index (χ4n) is 2.05. The fraction of sp³-hybridized carbons (Fsp3) is 0.0588. The molecule has 0 aliphatic heterocycles. The van der Waals surface area contributed by atoms with E-state index in [9.17, 15) is 9.18 Å². The number of anilines is 1. The van der Waals surface area contributed by atoms with Gasteiger partial charge in [0.2, 0.25) is 0 Å². The van der Waals surface area contributed by atoms with Gasteiger partial charge in [0.1, 0.15) is 5.82 Å². The lowest BCUT2D eigenvalue weighted by molar-refractivity contribution is 0.102. The number of rotatable bonds is 4. The molecule has 3 nitrogen and oxygen atoms in total. The summed E-state index contributed by atoms with van der Waals surface area (Å²) in [6, 6.07) is 13.5. The van der Waals surface area contributed by atoms with Crippen molar-refractivity contribution < 1.29 is 9.18 Å². The molecule has 1 heterocycles. The summed E-state index contributed by atoms with van der Waals surface area (Å²) in [6.45, 7) is 0. The van der Waals surface area contributed by atoms with Gasteiger partial charge in [-0.1, -0.05) is 34.1 Å². The van der Waals surface area contributed by atoms with Crippen LogP contribution in [-0.4, -0.2) is 10.9 Å². The van der Waals surface area contributed by atoms with Crippen LogP contribution in [0.1, 0.15) is 20.8 Å². The number of benzene rings is 2. The van der Waals surface area contributed by atoms with Gasteiger partial charge < -0.3 is 0 Å². The lowest BCUT2D eigenvalue weighted by Crippen LogP contribution is -2.11. The lowest BCUT2D eigenvalue weighted by atomic mass is 10.1. The highest BCUT2D eigenvalue weighted by molar-refractivity contribution is 9.10. The highest BCUT2D eigenvalue weighted by Crippen LogP contribution is 2.22. The maximum absolute atomic E-state index is 12.9. The number of nitrogens with one attached hydrogen (secondary N) is 1. The normalized spacial score (nSPS) is 10.5. The molecule has 23 heavy (non-hydrogen) atoms. The predicted octanol–water partition coefficient (Wildman–Crippen LogP) is 4.89. The quantitative estimate of drug-likeness (QED) is 0.688. The van der Waals surface area contributed by atoms with Gasteiger partial charge >= 0.3 is 0 Å². The first-order valence-electron chi connectivity index (χ1n) is 6.86. The summed E-state index contributed by atoms with van der Waals surface area (Å²) < 4.78 is 13.8. The van der Waals surface area contributed by atoms with Crippen LogP contribution in [-0.2, 0) is 6.42 Å². The minimum absolute atomic E-state index is 0.200. The number of carbonyl (C=O) groups is 1. The third kappa shape index (κ3) is 4.24. The summed E-state index contributed by atoms with van der Waals surface area (Å²) in [5.74, 6) is -0.450. The zero-order valence-corrected chi connectivity index (χ0v) is 14.3. The van der Waals surface area contributed by atoms with E-state index in [4.69, 9.17) is 0 Å². The molecule has 3 aromatic rings. The summed E-state index contributed by atoms with van der Waals surface area (Å²) in [4.78, 5) is 17.4. The van der Waals surface area contributed by atoms with Gasteiger partial charge in [0.05, 0.1) is 0 Å². The molecule has 3 rings (SSSR count). The SMILES string of the molecule is O=C(Nc1ncc(Cc2ccc(F)cc2)s1)c1cccc(Br)c1. The average molecular weight is 391 g/mol. The number of halogens is 2. The standard InChI is InChI=1S/C17H12BrFN2OS/c18-13-3-1-2-12(9-13)16(22)21-17-20-10-15(23-17)8-11-4-6-14(19)7-5-11/h1-7,9-10H,8H2,(H,20,21,22). The van der Waals surface area contributed by atoms with E-state index in [1.54, 1.807) is 36.5 Å². The van der Waals surface area contributed by atoms with Crippen molar-refractivity contribution in [1.29, 1.82) is 0 Å². The molecule has 2 aromatic carbocycles. The topological polar surface area (TPSA) is 42.0 Å². The van der Waals surface area contributed by atoms with Crippen molar-refractivity contribution >= 4 is 38.3 Å². The molecule has 6 heteroatoms. The number of amides is 1. The van der Waals surface area contributed by atoms with Gasteiger partial charge in [-0.2, -0.15) is 0 Å². The van der Waals surface area contributed by atoms with Gasteiger partial charge in [0.15, 0.2) is 5.13 Å². The molecule has 0 unspecified atom stereocenters. The summed E-state index contributed by atoms with van der Waals surface area (Å²) >= 11 is 4.75. The molecular weight excluding hydrogens is 379 g/mol. The maximum Gasteiger partial charge on any atom is 0.257 e. The molecule has 0 aliphatic rings. The Morgan fingerprint density at radius 3 is 2.74 bits per heavy atom. The second-order valence-electron chi connectivity index (χ2n) is 4.90. The van der Waals surface area contributed by atoms with E-state index in [2.05, 4.69) is 26.2 Å². The first kappa shape index (κ1) is 15.8. The van der Waals surface area contributed by atoms with Gasteiger partial charge in [0, 0.05) is 27.5 Å². The van der Waals surface area contributed by atoms with Crippen LogP contribution >= 0.6 is 27.3 Å². The monoisotopic (exact) mass is 390 g/mol. The average Bonchev–Trinajstić information content (AvgIpc) is 2.96. The van der Waals surface area contributed by atoms with Crippen molar-refractivity contribution in [3.63, 3.8) is 0 Å². The van der Waals surface area contributed by atoms with E-state index in [1.165, 1.54) is 23.5 Å². The van der Waals surface area contributed by atoms with Crippen LogP contribution in [0.15, 0.2) is 59.2 Å². The Balaban J connectivity index is 1.67. The Hall–Kier alpha value is -2.05. The van der Waals surface area contributed by atoms with Gasteiger partial charge in [0.25, 0.3) is 5.91 Å². The van der Waals surface area contributed by atoms with E-state index in [0.29, 0.717) is 17.1 Å². The van der Waals surface area contributed by atoms with Gasteiger partial charge in [-0.3, -0.25) is 10.1 Å². The van der Waals surface area contributed by atoms with Crippen LogP contribution in [0, 0.1) is 5.82 Å². The van der Waals surface area contributed by atoms with Crippen LogP contribution in [0.2, 0.25) is 0 Å². The van der Waals surface area contributed by atoms with Crippen molar-refractivity contribution in [3.05, 3.63) is 81.0 Å². The smallest absolute Gasteiger partial charge is 0.257 e. The van der Waals surface area contributed by atoms with Crippen molar-refractivity contribution in [2.75, 3.05) is 5.32 Å². The predicted molar refractivity (Wildman–Crippen MR) is 93.4 cm³/mol. The summed E-state index contributed by atoms with van der Waals surface area (Å²) in [5.41, 5.74) is 1.56. The number of aromatic nitrogens is 1. The minimum atomic E-state index is -0.250. The molecule has 0 atom stereocenters. The number of carbonyl (C=O) groups excluding carboxylic acids is 1. The summed E-state index contributed by atoms with van der Waals surface area (Å²) in [7, 11) is 0. The molecule has 0 aliphatic carbocycles. The largest absolute Gasteiger partial charge is 0.298 e. The molecular formula is C17H12BrFN2OS. The minimum Gasteiger partial charge on any atom is -0.298 e. The van der Waals surface area contributed by atoms with Crippen molar-refractivity contribution in [1.82, 2.24) is 4.98 Å². The van der Waals surface area contributed by atoms with Crippen LogP contribution in [0.25, 0.3) is 0 Å². The zero-order valence-electron chi connectivity index (χ0n) is 11.9. The lowest BCUT2D eigenvalue weighted by Gasteiger charge is -2.02.